The van der Waals surface area contributed by atoms with Crippen molar-refractivity contribution in [2.45, 2.75) is 10.9 Å². The minimum Gasteiger partial charge on any atom is -0.489 e. The number of amides is 1. The highest BCUT2D eigenvalue weighted by molar-refractivity contribution is 8.01. The largest absolute Gasteiger partial charge is 0.489 e. The summed E-state index contributed by atoms with van der Waals surface area (Å²) in [6.07, 6.45) is 1.57. The molecule has 3 aromatic carbocycles. The van der Waals surface area contributed by atoms with Crippen molar-refractivity contribution in [2.75, 3.05) is 12.9 Å². The van der Waals surface area contributed by atoms with E-state index in [4.69, 9.17) is 9.47 Å². The number of hydrazone groups is 1. The zero-order valence-electron chi connectivity index (χ0n) is 18.3. The number of esters is 1. The molecule has 0 aliphatic heterocycles. The molecule has 0 spiro atoms. The van der Waals surface area contributed by atoms with E-state index in [1.807, 2.05) is 60.7 Å². The zero-order valence-corrected chi connectivity index (χ0v) is 19.9. The molecule has 0 aliphatic carbocycles. The normalized spacial score (nSPS) is 11.0. The van der Waals surface area contributed by atoms with Crippen molar-refractivity contribution >= 4 is 51.4 Å². The lowest BCUT2D eigenvalue weighted by Gasteiger charge is -2.07. The van der Waals surface area contributed by atoms with Gasteiger partial charge in [0.2, 0.25) is 0 Å². The summed E-state index contributed by atoms with van der Waals surface area (Å²) in [5, 5.41) is 4.04. The first kappa shape index (κ1) is 23.5. The number of para-hydroxylation sites is 1. The molecule has 9 heteroatoms. The summed E-state index contributed by atoms with van der Waals surface area (Å²) in [5.41, 5.74) is 5.68. The van der Waals surface area contributed by atoms with Crippen molar-refractivity contribution in [3.05, 3.63) is 89.5 Å². The number of hydrogen-bond acceptors (Lipinski definition) is 8. The van der Waals surface area contributed by atoms with Gasteiger partial charge in [-0.1, -0.05) is 48.2 Å². The van der Waals surface area contributed by atoms with Crippen molar-refractivity contribution in [3.63, 3.8) is 0 Å². The molecule has 1 heterocycles. The second-order valence-corrected chi connectivity index (χ2v) is 9.33. The first-order valence-corrected chi connectivity index (χ1v) is 12.1. The Kier molecular flexibility index (Phi) is 7.90. The number of nitrogens with one attached hydrogen (secondary N) is 1. The highest BCUT2D eigenvalue weighted by Crippen LogP contribution is 2.29. The van der Waals surface area contributed by atoms with Crippen LogP contribution in [0.3, 0.4) is 0 Å². The Labute approximate surface area is 204 Å². The summed E-state index contributed by atoms with van der Waals surface area (Å²) in [4.78, 5) is 28.1. The summed E-state index contributed by atoms with van der Waals surface area (Å²) in [6.45, 7) is 0.349. The fraction of sp³-hybridized carbons (Fsp3) is 0.120. The molecule has 0 saturated carbocycles. The molecule has 0 radical (unpaired) electrons. The number of benzene rings is 3. The van der Waals surface area contributed by atoms with Gasteiger partial charge in [0.15, 0.2) is 4.34 Å². The third-order valence-corrected chi connectivity index (χ3v) is 6.82. The van der Waals surface area contributed by atoms with E-state index in [2.05, 4.69) is 15.5 Å². The first-order chi connectivity index (χ1) is 16.6. The highest BCUT2D eigenvalue weighted by Gasteiger charge is 2.07. The summed E-state index contributed by atoms with van der Waals surface area (Å²) in [5.74, 6) is 0.318. The van der Waals surface area contributed by atoms with Crippen molar-refractivity contribution in [3.8, 4) is 5.75 Å². The molecular weight excluding hydrogens is 470 g/mol. The van der Waals surface area contributed by atoms with Gasteiger partial charge >= 0.3 is 5.97 Å². The summed E-state index contributed by atoms with van der Waals surface area (Å²) >= 11 is 2.95. The number of ether oxygens (including phenoxy) is 2. The maximum atomic E-state index is 12.1. The maximum Gasteiger partial charge on any atom is 0.337 e. The van der Waals surface area contributed by atoms with Gasteiger partial charge in [-0.25, -0.2) is 15.2 Å². The predicted octanol–water partition coefficient (Wildman–Crippen LogP) is 4.90. The molecule has 1 amide bonds. The SMILES string of the molecule is COC(=O)c1ccc(COc2cccc(C=NNC(=O)CSc3nc4ccccc4s3)c2)cc1. The molecule has 1 N–H and O–H groups in total. The molecule has 0 atom stereocenters. The molecular formula is C25H21N3O4S2. The average Bonchev–Trinajstić information content (AvgIpc) is 3.29. The molecule has 0 aliphatic rings. The minimum atomic E-state index is -0.373. The van der Waals surface area contributed by atoms with Crippen LogP contribution >= 0.6 is 23.1 Å². The number of carbonyl (C=O) groups excluding carboxylic acids is 2. The Morgan fingerprint density at radius 3 is 2.71 bits per heavy atom. The number of fused-ring (bicyclic) bond motifs is 1. The summed E-state index contributed by atoms with van der Waals surface area (Å²) in [7, 11) is 1.35. The van der Waals surface area contributed by atoms with E-state index in [1.165, 1.54) is 18.9 Å². The van der Waals surface area contributed by atoms with Crippen LogP contribution in [-0.4, -0.2) is 35.9 Å². The van der Waals surface area contributed by atoms with Gasteiger partial charge in [0.05, 0.1) is 34.9 Å². The lowest BCUT2D eigenvalue weighted by Crippen LogP contribution is -2.19. The molecule has 0 unspecified atom stereocenters. The Balaban J connectivity index is 1.24. The van der Waals surface area contributed by atoms with Crippen LogP contribution in [0.1, 0.15) is 21.5 Å². The van der Waals surface area contributed by atoms with Crippen LogP contribution in [0.25, 0.3) is 10.2 Å². The number of aromatic nitrogens is 1. The van der Waals surface area contributed by atoms with Crippen molar-refractivity contribution < 1.29 is 19.1 Å². The van der Waals surface area contributed by atoms with Gasteiger partial charge in [-0.3, -0.25) is 4.79 Å². The molecule has 0 fully saturated rings. The van der Waals surface area contributed by atoms with Gasteiger partial charge < -0.3 is 9.47 Å². The van der Waals surface area contributed by atoms with Crippen LogP contribution in [-0.2, 0) is 16.1 Å². The number of nitrogens with zero attached hydrogens (tertiary/aromatic N) is 2. The minimum absolute atomic E-state index is 0.205. The fourth-order valence-electron chi connectivity index (χ4n) is 2.96. The Morgan fingerprint density at radius 1 is 1.09 bits per heavy atom. The van der Waals surface area contributed by atoms with Gasteiger partial charge in [-0.2, -0.15) is 5.10 Å². The number of hydrogen-bond donors (Lipinski definition) is 1. The van der Waals surface area contributed by atoms with Crippen LogP contribution in [0.15, 0.2) is 82.2 Å². The maximum absolute atomic E-state index is 12.1. The van der Waals surface area contributed by atoms with Gasteiger partial charge in [-0.15, -0.1) is 11.3 Å². The molecule has 4 aromatic rings. The first-order valence-electron chi connectivity index (χ1n) is 10.3. The van der Waals surface area contributed by atoms with Gasteiger partial charge in [-0.05, 0) is 47.5 Å². The Hall–Kier alpha value is -3.69. The molecule has 34 heavy (non-hydrogen) atoms. The van der Waals surface area contributed by atoms with E-state index >= 15 is 0 Å². The van der Waals surface area contributed by atoms with Crippen LogP contribution in [0, 0.1) is 0 Å². The van der Waals surface area contributed by atoms with Gasteiger partial charge in [0.1, 0.15) is 12.4 Å². The zero-order chi connectivity index (χ0) is 23.8. The average molecular weight is 492 g/mol. The van der Waals surface area contributed by atoms with Gasteiger partial charge in [0.25, 0.3) is 5.91 Å². The molecule has 172 valence electrons. The van der Waals surface area contributed by atoms with Crippen LogP contribution in [0.4, 0.5) is 0 Å². The highest BCUT2D eigenvalue weighted by atomic mass is 32.2. The summed E-state index contributed by atoms with van der Waals surface area (Å²) in [6, 6.07) is 22.3. The number of thiazole rings is 1. The van der Waals surface area contributed by atoms with E-state index in [-0.39, 0.29) is 17.6 Å². The van der Waals surface area contributed by atoms with Crippen LogP contribution in [0.2, 0.25) is 0 Å². The topological polar surface area (TPSA) is 89.9 Å². The third-order valence-electron chi connectivity index (χ3n) is 4.64. The standard InChI is InChI=1S/C25H21N3O4S2/c1-31-24(30)19-11-9-17(10-12-19)15-32-20-6-4-5-18(13-20)14-26-28-23(29)16-33-25-27-21-7-2-3-8-22(21)34-25/h2-14H,15-16H2,1H3,(H,28,29). The smallest absolute Gasteiger partial charge is 0.337 e. The number of carbonyl (C=O) groups is 2. The van der Waals surface area contributed by atoms with E-state index in [9.17, 15) is 9.59 Å². The van der Waals surface area contributed by atoms with E-state index in [1.54, 1.807) is 29.7 Å². The molecule has 0 bridgehead atoms. The molecule has 4 rings (SSSR count). The predicted molar refractivity (Wildman–Crippen MR) is 135 cm³/mol. The lowest BCUT2D eigenvalue weighted by molar-refractivity contribution is -0.118. The number of rotatable bonds is 9. The van der Waals surface area contributed by atoms with Crippen molar-refractivity contribution in [1.29, 1.82) is 0 Å². The van der Waals surface area contributed by atoms with E-state index < -0.39 is 0 Å². The van der Waals surface area contributed by atoms with Crippen molar-refractivity contribution in [2.24, 2.45) is 5.10 Å². The fourth-order valence-corrected chi connectivity index (χ4v) is 4.82. The second kappa shape index (κ2) is 11.4. The Morgan fingerprint density at radius 2 is 1.91 bits per heavy atom. The molecule has 7 nitrogen and oxygen atoms in total. The van der Waals surface area contributed by atoms with E-state index in [0.29, 0.717) is 17.9 Å². The van der Waals surface area contributed by atoms with Crippen molar-refractivity contribution in [1.82, 2.24) is 10.4 Å². The van der Waals surface area contributed by atoms with Gasteiger partial charge in [0, 0.05) is 0 Å². The lowest BCUT2D eigenvalue weighted by atomic mass is 10.1. The van der Waals surface area contributed by atoms with E-state index in [0.717, 1.165) is 25.7 Å². The molecule has 0 saturated heterocycles. The third kappa shape index (κ3) is 6.43. The quantitative estimate of drug-likeness (QED) is 0.155. The number of methoxy groups -OCH3 is 1. The van der Waals surface area contributed by atoms with Crippen LogP contribution in [0.5, 0.6) is 5.75 Å². The number of thioether (sulfide) groups is 1. The monoisotopic (exact) mass is 491 g/mol. The molecule has 1 aromatic heterocycles. The summed E-state index contributed by atoms with van der Waals surface area (Å²) < 4.78 is 12.5. The van der Waals surface area contributed by atoms with Crippen LogP contribution < -0.4 is 10.2 Å². The second-order valence-electron chi connectivity index (χ2n) is 7.08. The Bertz CT molecular complexity index is 1290.